The third-order valence-electron chi connectivity index (χ3n) is 3.01. The van der Waals surface area contributed by atoms with Crippen LogP contribution in [-0.4, -0.2) is 18.5 Å². The number of rotatable bonds is 5. The molecule has 0 heterocycles. The van der Waals surface area contributed by atoms with Crippen molar-refractivity contribution in [3.63, 3.8) is 0 Å². The van der Waals surface area contributed by atoms with Crippen molar-refractivity contribution in [2.24, 2.45) is 11.7 Å². The van der Waals surface area contributed by atoms with Gasteiger partial charge < -0.3 is 11.1 Å². The predicted molar refractivity (Wildman–Crippen MR) is 82.7 cm³/mol. The lowest BCUT2D eigenvalue weighted by Gasteiger charge is -2.17. The summed E-state index contributed by atoms with van der Waals surface area (Å²) in [4.78, 5) is 11.7. The predicted octanol–water partition coefficient (Wildman–Crippen LogP) is 2.37. The van der Waals surface area contributed by atoms with Gasteiger partial charge in [-0.25, -0.2) is 0 Å². The van der Waals surface area contributed by atoms with Crippen molar-refractivity contribution in [2.45, 2.75) is 40.2 Å². The average Bonchev–Trinajstić information content (AvgIpc) is 2.25. The summed E-state index contributed by atoms with van der Waals surface area (Å²) in [5.74, 6) is -0.0823. The Hall–Kier alpha value is -1.06. The molecule has 0 radical (unpaired) electrons. The van der Waals surface area contributed by atoms with Crippen LogP contribution >= 0.6 is 12.4 Å². The first-order valence-corrected chi connectivity index (χ1v) is 6.50. The van der Waals surface area contributed by atoms with E-state index in [1.807, 2.05) is 13.8 Å². The second-order valence-electron chi connectivity index (χ2n) is 5.25. The Morgan fingerprint density at radius 1 is 1.21 bits per heavy atom. The number of halogens is 1. The van der Waals surface area contributed by atoms with Gasteiger partial charge in [-0.3, -0.25) is 4.79 Å². The number of carbonyl (C=O) groups is 1. The molecule has 0 aromatic heterocycles. The summed E-state index contributed by atoms with van der Waals surface area (Å²) in [6, 6.07) is 6.63. The molecule has 4 heteroatoms. The van der Waals surface area contributed by atoms with Gasteiger partial charge >= 0.3 is 0 Å². The molecule has 0 aliphatic rings. The summed E-state index contributed by atoms with van der Waals surface area (Å²) in [5, 5.41) is 3.00. The van der Waals surface area contributed by atoms with Crippen LogP contribution in [0.25, 0.3) is 0 Å². The smallest absolute Gasteiger partial charge is 0.224 e. The molecule has 1 aromatic rings. The molecule has 108 valence electrons. The minimum absolute atomic E-state index is 0. The molecular weight excluding hydrogens is 260 g/mol. The van der Waals surface area contributed by atoms with Gasteiger partial charge in [-0.05, 0) is 32.8 Å². The van der Waals surface area contributed by atoms with Crippen LogP contribution in [0.2, 0.25) is 0 Å². The lowest BCUT2D eigenvalue weighted by atomic mass is 10.0. The van der Waals surface area contributed by atoms with Crippen molar-refractivity contribution in [1.29, 1.82) is 0 Å². The van der Waals surface area contributed by atoms with Crippen molar-refractivity contribution in [1.82, 2.24) is 5.32 Å². The Labute approximate surface area is 122 Å². The zero-order valence-corrected chi connectivity index (χ0v) is 13.0. The lowest BCUT2D eigenvalue weighted by molar-refractivity contribution is -0.124. The van der Waals surface area contributed by atoms with Gasteiger partial charge in [0.05, 0.1) is 0 Å². The molecule has 1 amide bonds. The number of hydrogen-bond donors (Lipinski definition) is 2. The summed E-state index contributed by atoms with van der Waals surface area (Å²) in [5.41, 5.74) is 9.27. The molecule has 0 bridgehead atoms. The fourth-order valence-corrected chi connectivity index (χ4v) is 2.08. The van der Waals surface area contributed by atoms with Gasteiger partial charge in [0.25, 0.3) is 0 Å². The number of nitrogens with one attached hydrogen (secondary N) is 1. The second kappa shape index (κ2) is 8.18. The molecule has 0 spiro atoms. The lowest BCUT2D eigenvalue weighted by Crippen LogP contribution is -2.39. The van der Waals surface area contributed by atoms with E-state index in [0.29, 0.717) is 6.54 Å². The molecular formula is C15H25ClN2O. The van der Waals surface area contributed by atoms with E-state index in [1.54, 1.807) is 0 Å². The molecule has 1 aromatic carbocycles. The standard InChI is InChI=1S/C15H24N2O.ClH/c1-10-5-11(2)7-14(6-10)8-13(4)17-15(18)12(3)9-16;/h5-7,12-13H,8-9,16H2,1-4H3,(H,17,18);1H. The maximum absolute atomic E-state index is 11.7. The highest BCUT2D eigenvalue weighted by molar-refractivity contribution is 5.85. The summed E-state index contributed by atoms with van der Waals surface area (Å²) in [7, 11) is 0. The van der Waals surface area contributed by atoms with E-state index in [9.17, 15) is 4.79 Å². The molecule has 19 heavy (non-hydrogen) atoms. The first-order valence-electron chi connectivity index (χ1n) is 6.50. The third kappa shape index (κ3) is 6.08. The van der Waals surface area contributed by atoms with Gasteiger partial charge in [-0.2, -0.15) is 0 Å². The molecule has 1 rings (SSSR count). The first-order chi connectivity index (χ1) is 8.42. The monoisotopic (exact) mass is 284 g/mol. The summed E-state index contributed by atoms with van der Waals surface area (Å²) in [6.07, 6.45) is 0.853. The Kier molecular flexibility index (Phi) is 7.72. The SMILES string of the molecule is Cc1cc(C)cc(CC(C)NC(=O)C(C)CN)c1.Cl. The maximum Gasteiger partial charge on any atom is 0.224 e. The van der Waals surface area contributed by atoms with Gasteiger partial charge in [0, 0.05) is 18.5 Å². The van der Waals surface area contributed by atoms with Gasteiger partial charge in [-0.15, -0.1) is 12.4 Å². The van der Waals surface area contributed by atoms with Crippen LogP contribution in [0.15, 0.2) is 18.2 Å². The molecule has 0 saturated carbocycles. The number of carbonyl (C=O) groups excluding carboxylic acids is 1. The number of amides is 1. The summed E-state index contributed by atoms with van der Waals surface area (Å²) >= 11 is 0. The van der Waals surface area contributed by atoms with Crippen molar-refractivity contribution in [3.8, 4) is 0 Å². The first kappa shape index (κ1) is 17.9. The molecule has 3 nitrogen and oxygen atoms in total. The van der Waals surface area contributed by atoms with E-state index in [2.05, 4.69) is 37.4 Å². The van der Waals surface area contributed by atoms with Crippen molar-refractivity contribution in [2.75, 3.05) is 6.54 Å². The quantitative estimate of drug-likeness (QED) is 0.872. The normalized spacial score (nSPS) is 13.3. The van der Waals surface area contributed by atoms with E-state index in [0.717, 1.165) is 6.42 Å². The van der Waals surface area contributed by atoms with Crippen LogP contribution in [0.3, 0.4) is 0 Å². The van der Waals surface area contributed by atoms with Gasteiger partial charge in [0.2, 0.25) is 5.91 Å². The van der Waals surface area contributed by atoms with E-state index in [4.69, 9.17) is 5.73 Å². The highest BCUT2D eigenvalue weighted by atomic mass is 35.5. The number of aryl methyl sites for hydroxylation is 2. The fraction of sp³-hybridized carbons (Fsp3) is 0.533. The van der Waals surface area contributed by atoms with Gasteiger partial charge in [0.1, 0.15) is 0 Å². The second-order valence-corrected chi connectivity index (χ2v) is 5.25. The number of nitrogens with two attached hydrogens (primary N) is 1. The van der Waals surface area contributed by atoms with Crippen molar-refractivity contribution >= 4 is 18.3 Å². The minimum Gasteiger partial charge on any atom is -0.353 e. The van der Waals surface area contributed by atoms with Crippen molar-refractivity contribution < 1.29 is 4.79 Å². The molecule has 2 atom stereocenters. The molecule has 0 saturated heterocycles. The highest BCUT2D eigenvalue weighted by Crippen LogP contribution is 2.11. The Morgan fingerprint density at radius 2 is 1.74 bits per heavy atom. The number of benzene rings is 1. The zero-order chi connectivity index (χ0) is 13.7. The van der Waals surface area contributed by atoms with Crippen molar-refractivity contribution in [3.05, 3.63) is 34.9 Å². The van der Waals surface area contributed by atoms with Gasteiger partial charge in [-0.1, -0.05) is 36.2 Å². The highest BCUT2D eigenvalue weighted by Gasteiger charge is 2.13. The average molecular weight is 285 g/mol. The largest absolute Gasteiger partial charge is 0.353 e. The van der Waals surface area contributed by atoms with Crippen LogP contribution in [0, 0.1) is 19.8 Å². The van der Waals surface area contributed by atoms with Crippen LogP contribution < -0.4 is 11.1 Å². The number of hydrogen-bond acceptors (Lipinski definition) is 2. The third-order valence-corrected chi connectivity index (χ3v) is 3.01. The molecule has 3 N–H and O–H groups in total. The van der Waals surface area contributed by atoms with E-state index in [1.165, 1.54) is 16.7 Å². The molecule has 0 aliphatic carbocycles. The summed E-state index contributed by atoms with van der Waals surface area (Å²) < 4.78 is 0. The van der Waals surface area contributed by atoms with Crippen LogP contribution in [0.1, 0.15) is 30.5 Å². The fourth-order valence-electron chi connectivity index (χ4n) is 2.08. The molecule has 2 unspecified atom stereocenters. The summed E-state index contributed by atoms with van der Waals surface area (Å²) in [6.45, 7) is 8.45. The van der Waals surface area contributed by atoms with E-state index >= 15 is 0 Å². The van der Waals surface area contributed by atoms with E-state index < -0.39 is 0 Å². The van der Waals surface area contributed by atoms with E-state index in [-0.39, 0.29) is 30.3 Å². The topological polar surface area (TPSA) is 55.1 Å². The molecule has 0 fully saturated rings. The Balaban J connectivity index is 0.00000324. The Morgan fingerprint density at radius 3 is 2.21 bits per heavy atom. The Bertz CT molecular complexity index is 400. The van der Waals surface area contributed by atoms with Crippen LogP contribution in [0.5, 0.6) is 0 Å². The van der Waals surface area contributed by atoms with Gasteiger partial charge in [0.15, 0.2) is 0 Å². The molecule has 0 aliphatic heterocycles. The van der Waals surface area contributed by atoms with Crippen LogP contribution in [0.4, 0.5) is 0 Å². The zero-order valence-electron chi connectivity index (χ0n) is 12.2. The minimum atomic E-state index is -0.119. The van der Waals surface area contributed by atoms with Crippen LogP contribution in [-0.2, 0) is 11.2 Å². The maximum atomic E-state index is 11.7.